The van der Waals surface area contributed by atoms with Gasteiger partial charge in [-0.25, -0.2) is 14.8 Å². The molecule has 4 rings (SSSR count). The van der Waals surface area contributed by atoms with Crippen LogP contribution in [0.4, 0.5) is 27.8 Å². The molecule has 0 atom stereocenters. The molecule has 0 aliphatic rings. The molecule has 2 amide bonds. The van der Waals surface area contributed by atoms with Gasteiger partial charge >= 0.3 is 6.03 Å². The number of benzene rings is 2. The van der Waals surface area contributed by atoms with Gasteiger partial charge in [0.05, 0.1) is 5.69 Å². The molecule has 0 aliphatic heterocycles. The van der Waals surface area contributed by atoms with Crippen LogP contribution in [0.1, 0.15) is 11.1 Å². The van der Waals surface area contributed by atoms with Crippen LogP contribution in [-0.2, 0) is 6.54 Å². The van der Waals surface area contributed by atoms with Crippen LogP contribution in [0.25, 0.3) is 11.3 Å². The van der Waals surface area contributed by atoms with Crippen LogP contribution in [0.3, 0.4) is 0 Å². The number of pyridine rings is 1. The van der Waals surface area contributed by atoms with E-state index in [1.807, 2.05) is 86.6 Å². The molecule has 0 spiro atoms. The van der Waals surface area contributed by atoms with Gasteiger partial charge in [-0.1, -0.05) is 18.2 Å². The summed E-state index contributed by atoms with van der Waals surface area (Å²) < 4.78 is 0. The van der Waals surface area contributed by atoms with E-state index in [2.05, 4.69) is 30.9 Å². The molecule has 3 N–H and O–H groups in total. The second-order valence-corrected chi connectivity index (χ2v) is 8.03. The van der Waals surface area contributed by atoms with Gasteiger partial charge in [0.15, 0.2) is 0 Å². The van der Waals surface area contributed by atoms with Crippen LogP contribution in [0.2, 0.25) is 0 Å². The summed E-state index contributed by atoms with van der Waals surface area (Å²) in [5.41, 5.74) is 6.30. The van der Waals surface area contributed by atoms with Crippen molar-refractivity contribution in [3.8, 4) is 11.3 Å². The molecule has 4 aromatic rings. The first-order chi connectivity index (χ1) is 16.5. The molecule has 0 saturated heterocycles. The highest BCUT2D eigenvalue weighted by Crippen LogP contribution is 2.24. The lowest BCUT2D eigenvalue weighted by atomic mass is 10.2. The second kappa shape index (κ2) is 10.4. The van der Waals surface area contributed by atoms with Gasteiger partial charge in [0.25, 0.3) is 0 Å². The van der Waals surface area contributed by atoms with Gasteiger partial charge in [0.1, 0.15) is 0 Å². The monoisotopic (exact) mass is 453 g/mol. The van der Waals surface area contributed by atoms with Gasteiger partial charge in [-0.2, -0.15) is 0 Å². The minimum Gasteiger partial charge on any atom is -0.378 e. The Morgan fingerprint density at radius 3 is 2.56 bits per heavy atom. The summed E-state index contributed by atoms with van der Waals surface area (Å²) in [5.74, 6) is 0.465. The van der Waals surface area contributed by atoms with E-state index in [0.717, 1.165) is 33.8 Å². The predicted molar refractivity (Wildman–Crippen MR) is 136 cm³/mol. The number of nitrogens with zero attached hydrogens (tertiary/aromatic N) is 4. The van der Waals surface area contributed by atoms with Crippen molar-refractivity contribution in [3.63, 3.8) is 0 Å². The largest absolute Gasteiger partial charge is 0.378 e. The fourth-order valence-corrected chi connectivity index (χ4v) is 3.32. The number of aryl methyl sites for hydroxylation is 1. The third-order valence-corrected chi connectivity index (χ3v) is 5.26. The summed E-state index contributed by atoms with van der Waals surface area (Å²) in [6.45, 7) is 2.42. The molecule has 8 heteroatoms. The zero-order chi connectivity index (χ0) is 23.9. The minimum absolute atomic E-state index is 0.277. The maximum absolute atomic E-state index is 12.4. The average Bonchev–Trinajstić information content (AvgIpc) is 2.86. The molecule has 0 fully saturated rings. The molecule has 2 aromatic carbocycles. The molecule has 0 aliphatic carbocycles. The number of hydrogen-bond acceptors (Lipinski definition) is 6. The highest BCUT2D eigenvalue weighted by Gasteiger charge is 2.08. The van der Waals surface area contributed by atoms with Crippen molar-refractivity contribution in [2.75, 3.05) is 29.6 Å². The molecule has 34 heavy (non-hydrogen) atoms. The number of rotatable bonds is 7. The summed E-state index contributed by atoms with van der Waals surface area (Å²) in [6.07, 6.45) is 5.19. The van der Waals surface area contributed by atoms with Crippen molar-refractivity contribution in [1.82, 2.24) is 20.3 Å². The number of nitrogens with one attached hydrogen (secondary N) is 3. The summed E-state index contributed by atoms with van der Waals surface area (Å²) in [5, 5.41) is 9.03. The molecule has 172 valence electrons. The van der Waals surface area contributed by atoms with Gasteiger partial charge < -0.3 is 20.9 Å². The van der Waals surface area contributed by atoms with E-state index in [1.165, 1.54) is 0 Å². The van der Waals surface area contributed by atoms with Crippen molar-refractivity contribution in [1.29, 1.82) is 0 Å². The molecule has 2 aromatic heterocycles. The Morgan fingerprint density at radius 2 is 1.82 bits per heavy atom. The molecule has 0 radical (unpaired) electrons. The smallest absolute Gasteiger partial charge is 0.319 e. The van der Waals surface area contributed by atoms with Crippen LogP contribution < -0.4 is 20.9 Å². The van der Waals surface area contributed by atoms with Crippen LogP contribution in [-0.4, -0.2) is 35.1 Å². The molecule has 0 bridgehead atoms. The van der Waals surface area contributed by atoms with Crippen molar-refractivity contribution >= 4 is 29.0 Å². The molecular formula is C26H27N7O. The Bertz CT molecular complexity index is 1260. The normalized spacial score (nSPS) is 10.4. The van der Waals surface area contributed by atoms with E-state index >= 15 is 0 Å². The predicted octanol–water partition coefficient (Wildman–Crippen LogP) is 4.98. The highest BCUT2D eigenvalue weighted by molar-refractivity contribution is 5.90. The summed E-state index contributed by atoms with van der Waals surface area (Å²) >= 11 is 0. The fraction of sp³-hybridized carbons (Fsp3) is 0.154. The Kier molecular flexibility index (Phi) is 6.98. The quantitative estimate of drug-likeness (QED) is 0.365. The number of carbonyl (C=O) groups excluding carboxylic acids is 1. The van der Waals surface area contributed by atoms with Gasteiger partial charge in [0.2, 0.25) is 5.95 Å². The lowest BCUT2D eigenvalue weighted by Crippen LogP contribution is -2.28. The Labute approximate surface area is 199 Å². The SMILES string of the molecule is Cc1ccc(NC(=O)NCc2ccc(N(C)C)cc2)cc1Nc1nccc(-c2cccnc2)n1. The van der Waals surface area contributed by atoms with Gasteiger partial charge in [-0.3, -0.25) is 4.98 Å². The fourth-order valence-electron chi connectivity index (χ4n) is 3.32. The summed E-state index contributed by atoms with van der Waals surface area (Å²) in [4.78, 5) is 27.5. The first-order valence-corrected chi connectivity index (χ1v) is 10.9. The van der Waals surface area contributed by atoms with Crippen LogP contribution >= 0.6 is 0 Å². The zero-order valence-electron chi connectivity index (χ0n) is 19.4. The average molecular weight is 454 g/mol. The molecule has 0 unspecified atom stereocenters. The van der Waals surface area contributed by atoms with Crippen molar-refractivity contribution in [3.05, 3.63) is 90.4 Å². The van der Waals surface area contributed by atoms with E-state index in [-0.39, 0.29) is 6.03 Å². The lowest BCUT2D eigenvalue weighted by Gasteiger charge is -2.14. The molecule has 2 heterocycles. The minimum atomic E-state index is -0.277. The van der Waals surface area contributed by atoms with Crippen LogP contribution in [0.5, 0.6) is 0 Å². The zero-order valence-corrected chi connectivity index (χ0v) is 19.4. The second-order valence-electron chi connectivity index (χ2n) is 8.03. The Morgan fingerprint density at radius 1 is 1.00 bits per heavy atom. The number of anilines is 4. The topological polar surface area (TPSA) is 95.1 Å². The van der Waals surface area contributed by atoms with Crippen molar-refractivity contribution in [2.45, 2.75) is 13.5 Å². The first-order valence-electron chi connectivity index (χ1n) is 10.9. The molecule has 0 saturated carbocycles. The third kappa shape index (κ3) is 5.86. The number of amides is 2. The van der Waals surface area contributed by atoms with Crippen molar-refractivity contribution in [2.24, 2.45) is 0 Å². The van der Waals surface area contributed by atoms with E-state index in [0.29, 0.717) is 18.2 Å². The van der Waals surface area contributed by atoms with Crippen molar-refractivity contribution < 1.29 is 4.79 Å². The number of hydrogen-bond donors (Lipinski definition) is 3. The van der Waals surface area contributed by atoms with E-state index in [9.17, 15) is 4.79 Å². The van der Waals surface area contributed by atoms with Crippen LogP contribution in [0, 0.1) is 6.92 Å². The van der Waals surface area contributed by atoms with E-state index < -0.39 is 0 Å². The highest BCUT2D eigenvalue weighted by atomic mass is 16.2. The number of aromatic nitrogens is 3. The van der Waals surface area contributed by atoms with Gasteiger partial charge in [0, 0.05) is 61.9 Å². The number of carbonyl (C=O) groups is 1. The summed E-state index contributed by atoms with van der Waals surface area (Å²) in [7, 11) is 3.99. The third-order valence-electron chi connectivity index (χ3n) is 5.26. The number of urea groups is 1. The Hall–Kier alpha value is -4.46. The first kappa shape index (κ1) is 22.7. The maximum Gasteiger partial charge on any atom is 0.319 e. The summed E-state index contributed by atoms with van der Waals surface area (Å²) in [6, 6.07) is 19.1. The van der Waals surface area contributed by atoms with Gasteiger partial charge in [-0.05, 0) is 60.5 Å². The lowest BCUT2D eigenvalue weighted by molar-refractivity contribution is 0.251. The van der Waals surface area contributed by atoms with Gasteiger partial charge in [-0.15, -0.1) is 0 Å². The molecule has 8 nitrogen and oxygen atoms in total. The van der Waals surface area contributed by atoms with E-state index in [1.54, 1.807) is 18.6 Å². The molecular weight excluding hydrogens is 426 g/mol. The Balaban J connectivity index is 1.39. The standard InChI is InChI=1S/C26H27N7O/c1-18-6-9-21(30-26(34)29-16-19-7-10-22(11-8-19)33(2)3)15-24(18)32-25-28-14-12-23(31-25)20-5-4-13-27-17-20/h4-15,17H,16H2,1-3H3,(H,28,31,32)(H2,29,30,34). The van der Waals surface area contributed by atoms with E-state index in [4.69, 9.17) is 0 Å². The van der Waals surface area contributed by atoms with Crippen LogP contribution in [0.15, 0.2) is 79.3 Å². The maximum atomic E-state index is 12.4.